The van der Waals surface area contributed by atoms with Gasteiger partial charge in [-0.05, 0) is 18.6 Å². The van der Waals surface area contributed by atoms with Gasteiger partial charge < -0.3 is 5.32 Å². The van der Waals surface area contributed by atoms with Crippen molar-refractivity contribution in [1.29, 1.82) is 0 Å². The van der Waals surface area contributed by atoms with E-state index >= 15 is 0 Å². The summed E-state index contributed by atoms with van der Waals surface area (Å²) in [5.41, 5.74) is 2.55. The first kappa shape index (κ1) is 20.7. The van der Waals surface area contributed by atoms with Crippen molar-refractivity contribution in [3.05, 3.63) is 76.7 Å². The van der Waals surface area contributed by atoms with Crippen molar-refractivity contribution in [2.75, 3.05) is 12.3 Å². The molecule has 0 saturated carbocycles. The number of carbonyl (C=O) groups is 1. The highest BCUT2D eigenvalue weighted by molar-refractivity contribution is 7.99. The fourth-order valence-corrected chi connectivity index (χ4v) is 3.76. The van der Waals surface area contributed by atoms with Gasteiger partial charge in [0.05, 0.1) is 25.0 Å². The Morgan fingerprint density at radius 3 is 2.81 bits per heavy atom. The Labute approximate surface area is 182 Å². The quantitative estimate of drug-likeness (QED) is 0.331. The highest BCUT2D eigenvalue weighted by Crippen LogP contribution is 2.10. The number of aryl methyl sites for hydroxylation is 1. The molecule has 31 heavy (non-hydrogen) atoms. The molecule has 0 radical (unpaired) electrons. The number of fused-ring (bicyclic) bond motifs is 1. The molecule has 1 N–H and O–H groups in total. The summed E-state index contributed by atoms with van der Waals surface area (Å²) in [7, 11) is 0. The average Bonchev–Trinajstić information content (AvgIpc) is 3.19. The summed E-state index contributed by atoms with van der Waals surface area (Å²) >= 11 is 1.27. The molecule has 0 aliphatic rings. The largest absolute Gasteiger partial charge is 0.354 e. The molecule has 0 aliphatic heterocycles. The Morgan fingerprint density at radius 2 is 2.00 bits per heavy atom. The topological polar surface area (TPSA) is 108 Å². The summed E-state index contributed by atoms with van der Waals surface area (Å²) in [6.45, 7) is 3.26. The van der Waals surface area contributed by atoms with E-state index in [1.165, 1.54) is 18.0 Å². The van der Waals surface area contributed by atoms with Gasteiger partial charge in [-0.3, -0.25) is 14.2 Å². The molecule has 10 heteroatoms. The number of nitrogens with one attached hydrogen (secondary N) is 1. The van der Waals surface area contributed by atoms with Crippen LogP contribution < -0.4 is 10.9 Å². The van der Waals surface area contributed by atoms with Gasteiger partial charge >= 0.3 is 0 Å². The first-order valence-electron chi connectivity index (χ1n) is 9.73. The highest BCUT2D eigenvalue weighted by atomic mass is 32.2. The van der Waals surface area contributed by atoms with Crippen LogP contribution in [0.25, 0.3) is 11.0 Å². The van der Waals surface area contributed by atoms with Gasteiger partial charge in [-0.25, -0.2) is 19.6 Å². The van der Waals surface area contributed by atoms with Crippen LogP contribution >= 0.6 is 11.8 Å². The lowest BCUT2D eigenvalue weighted by Crippen LogP contribution is -2.29. The lowest BCUT2D eigenvalue weighted by atomic mass is 10.1. The minimum Gasteiger partial charge on any atom is -0.354 e. The summed E-state index contributed by atoms with van der Waals surface area (Å²) in [6, 6.07) is 9.75. The standard InChI is InChI=1S/C21H21N7O2S/c1-15-4-2-5-16(10-15)12-27-14-25-19-17(20(27)30)11-26-28(19)9-8-22-18(29)13-31-21-23-6-3-7-24-21/h2-7,10-11,14H,8-9,12-13H2,1H3,(H,22,29). The molecule has 158 valence electrons. The Bertz CT molecular complexity index is 1250. The molecule has 1 amide bonds. The number of carbonyl (C=O) groups excluding carboxylic acids is 1. The van der Waals surface area contributed by atoms with Crippen LogP contribution in [0.2, 0.25) is 0 Å². The molecular formula is C21H21N7O2S. The van der Waals surface area contributed by atoms with Crippen molar-refractivity contribution in [3.63, 3.8) is 0 Å². The molecule has 0 fully saturated rings. The van der Waals surface area contributed by atoms with Crippen LogP contribution in [0.3, 0.4) is 0 Å². The Balaban J connectivity index is 1.36. The van der Waals surface area contributed by atoms with Crippen molar-refractivity contribution in [2.45, 2.75) is 25.2 Å². The number of hydrogen-bond acceptors (Lipinski definition) is 7. The predicted octanol–water partition coefficient (Wildman–Crippen LogP) is 1.65. The van der Waals surface area contributed by atoms with E-state index in [-0.39, 0.29) is 17.2 Å². The average molecular weight is 436 g/mol. The third-order valence-corrected chi connectivity index (χ3v) is 5.45. The smallest absolute Gasteiger partial charge is 0.264 e. The summed E-state index contributed by atoms with van der Waals surface area (Å²) in [5.74, 6) is 0.105. The van der Waals surface area contributed by atoms with Crippen LogP contribution in [0.4, 0.5) is 0 Å². The second-order valence-corrected chi connectivity index (χ2v) is 7.88. The molecule has 0 unspecified atom stereocenters. The third-order valence-electron chi connectivity index (χ3n) is 4.58. The van der Waals surface area contributed by atoms with E-state index in [1.807, 2.05) is 31.2 Å². The number of thioether (sulfide) groups is 1. The molecule has 1 aromatic carbocycles. The number of amides is 1. The Morgan fingerprint density at radius 1 is 1.16 bits per heavy atom. The Kier molecular flexibility index (Phi) is 6.37. The lowest BCUT2D eigenvalue weighted by Gasteiger charge is -2.08. The number of rotatable bonds is 8. The fraction of sp³-hybridized carbons (Fsp3) is 0.238. The van der Waals surface area contributed by atoms with E-state index < -0.39 is 0 Å². The van der Waals surface area contributed by atoms with Gasteiger partial charge in [-0.15, -0.1) is 0 Å². The summed E-state index contributed by atoms with van der Waals surface area (Å²) in [4.78, 5) is 37.4. The number of benzene rings is 1. The van der Waals surface area contributed by atoms with Gasteiger partial charge in [-0.2, -0.15) is 5.10 Å². The molecule has 9 nitrogen and oxygen atoms in total. The second kappa shape index (κ2) is 9.52. The summed E-state index contributed by atoms with van der Waals surface area (Å²) in [5, 5.41) is 8.12. The normalized spacial score (nSPS) is 11.0. The van der Waals surface area contributed by atoms with Crippen LogP contribution in [-0.4, -0.2) is 47.5 Å². The van der Waals surface area contributed by atoms with Crippen LogP contribution in [0.1, 0.15) is 11.1 Å². The molecule has 3 aromatic heterocycles. The molecule has 0 saturated heterocycles. The minimum atomic E-state index is -0.138. The predicted molar refractivity (Wildman–Crippen MR) is 118 cm³/mol. The summed E-state index contributed by atoms with van der Waals surface area (Å²) < 4.78 is 3.20. The molecule has 3 heterocycles. The maximum absolute atomic E-state index is 12.8. The summed E-state index contributed by atoms with van der Waals surface area (Å²) in [6.07, 6.45) is 6.35. The molecular weight excluding hydrogens is 414 g/mol. The molecule has 0 spiro atoms. The van der Waals surface area contributed by atoms with Crippen LogP contribution in [0, 0.1) is 6.92 Å². The maximum Gasteiger partial charge on any atom is 0.264 e. The highest BCUT2D eigenvalue weighted by Gasteiger charge is 2.11. The molecule has 0 atom stereocenters. The van der Waals surface area contributed by atoms with Crippen LogP contribution in [0.15, 0.2) is 65.2 Å². The monoisotopic (exact) mass is 435 g/mol. The van der Waals surface area contributed by atoms with Crippen molar-refractivity contribution >= 4 is 28.7 Å². The van der Waals surface area contributed by atoms with Gasteiger partial charge in [0, 0.05) is 18.9 Å². The first-order chi connectivity index (χ1) is 15.1. The van der Waals surface area contributed by atoms with Crippen LogP contribution in [0.5, 0.6) is 0 Å². The molecule has 0 bridgehead atoms. The minimum absolute atomic E-state index is 0.123. The number of aromatic nitrogens is 6. The number of nitrogens with zero attached hydrogens (tertiary/aromatic N) is 6. The zero-order chi connectivity index (χ0) is 21.6. The van der Waals surface area contributed by atoms with E-state index in [0.717, 1.165) is 11.1 Å². The van der Waals surface area contributed by atoms with Gasteiger partial charge in [0.25, 0.3) is 5.56 Å². The van der Waals surface area contributed by atoms with E-state index in [9.17, 15) is 9.59 Å². The maximum atomic E-state index is 12.8. The number of hydrogen-bond donors (Lipinski definition) is 1. The van der Waals surface area contributed by atoms with Crippen LogP contribution in [-0.2, 0) is 17.9 Å². The zero-order valence-corrected chi connectivity index (χ0v) is 17.7. The molecule has 0 aliphatic carbocycles. The van der Waals surface area contributed by atoms with Gasteiger partial charge in [0.2, 0.25) is 5.91 Å². The molecule has 4 rings (SSSR count). The Hall–Kier alpha value is -3.53. The van der Waals surface area contributed by atoms with E-state index in [4.69, 9.17) is 0 Å². The van der Waals surface area contributed by atoms with Crippen molar-refractivity contribution < 1.29 is 4.79 Å². The van der Waals surface area contributed by atoms with Gasteiger partial charge in [0.15, 0.2) is 10.8 Å². The third kappa shape index (κ3) is 5.15. The first-order valence-corrected chi connectivity index (χ1v) is 10.7. The van der Waals surface area contributed by atoms with Crippen molar-refractivity contribution in [1.82, 2.24) is 34.6 Å². The SMILES string of the molecule is Cc1cccc(Cn2cnc3c(cnn3CCNC(=O)CSc3ncccn3)c2=O)c1. The van der Waals surface area contributed by atoms with Crippen molar-refractivity contribution in [3.8, 4) is 0 Å². The van der Waals surface area contributed by atoms with E-state index in [0.29, 0.717) is 35.8 Å². The zero-order valence-electron chi connectivity index (χ0n) is 16.9. The van der Waals surface area contributed by atoms with Gasteiger partial charge in [0.1, 0.15) is 11.7 Å². The van der Waals surface area contributed by atoms with E-state index in [2.05, 4.69) is 25.4 Å². The fourth-order valence-electron chi connectivity index (χ4n) is 3.12. The molecule has 4 aromatic rings. The second-order valence-electron chi connectivity index (χ2n) is 6.94. The van der Waals surface area contributed by atoms with E-state index in [1.54, 1.807) is 34.0 Å². The van der Waals surface area contributed by atoms with Crippen molar-refractivity contribution in [2.24, 2.45) is 0 Å². The van der Waals surface area contributed by atoms with Gasteiger partial charge in [-0.1, -0.05) is 41.6 Å². The lowest BCUT2D eigenvalue weighted by molar-refractivity contribution is -0.118.